The monoisotopic (exact) mass is 405 g/mol. The first kappa shape index (κ1) is 21.4. The van der Waals surface area contributed by atoms with Gasteiger partial charge in [0, 0.05) is 5.56 Å². The number of carbonyl (C=O) groups is 1. The number of ether oxygens (including phenoxy) is 2. The first-order valence-corrected chi connectivity index (χ1v) is 10.1. The molecule has 0 saturated carbocycles. The van der Waals surface area contributed by atoms with E-state index in [1.807, 2.05) is 60.7 Å². The molecule has 0 fully saturated rings. The summed E-state index contributed by atoms with van der Waals surface area (Å²) >= 11 is 0. The molecule has 0 radical (unpaired) electrons. The van der Waals surface area contributed by atoms with E-state index >= 15 is 0 Å². The molecule has 0 aliphatic rings. The van der Waals surface area contributed by atoms with E-state index < -0.39 is 0 Å². The van der Waals surface area contributed by atoms with Crippen LogP contribution in [-0.2, 0) is 6.61 Å². The Hall–Kier alpha value is -3.31. The van der Waals surface area contributed by atoms with Gasteiger partial charge in [-0.1, -0.05) is 60.7 Å². The van der Waals surface area contributed by atoms with Gasteiger partial charge in [0.15, 0.2) is 11.5 Å². The lowest BCUT2D eigenvalue weighted by molar-refractivity contribution is -0.860. The van der Waals surface area contributed by atoms with Gasteiger partial charge >= 0.3 is 0 Å². The zero-order valence-corrected chi connectivity index (χ0v) is 17.7. The van der Waals surface area contributed by atoms with E-state index in [0.29, 0.717) is 23.7 Å². The van der Waals surface area contributed by atoms with Crippen molar-refractivity contribution in [2.45, 2.75) is 12.6 Å². The number of hydrogen-bond acceptors (Lipinski definition) is 3. The van der Waals surface area contributed by atoms with Crippen LogP contribution in [0.25, 0.3) is 0 Å². The summed E-state index contributed by atoms with van der Waals surface area (Å²) in [6.07, 6.45) is 0. The third-order valence-electron chi connectivity index (χ3n) is 4.78. The molecular formula is C25H29N2O3+. The molecule has 0 heterocycles. The third-order valence-corrected chi connectivity index (χ3v) is 4.78. The molecule has 5 nitrogen and oxygen atoms in total. The fourth-order valence-corrected chi connectivity index (χ4v) is 3.25. The lowest BCUT2D eigenvalue weighted by atomic mass is 10.1. The second-order valence-electron chi connectivity index (χ2n) is 7.49. The molecule has 0 aliphatic heterocycles. The standard InChI is InChI=1S/C25H28N2O3/c1-27(2)17-22(20-12-8-5-9-13-20)26-25(28)21-14-15-23(24(16-21)29-3)30-18-19-10-6-4-7-11-19/h4-16,22H,17-18H2,1-3H3,(H,26,28)/p+1/t22-/m1/s1. The first-order chi connectivity index (χ1) is 14.6. The van der Waals surface area contributed by atoms with Crippen molar-refractivity contribution in [1.29, 1.82) is 0 Å². The zero-order chi connectivity index (χ0) is 21.3. The highest BCUT2D eigenvalue weighted by Gasteiger charge is 2.19. The van der Waals surface area contributed by atoms with Crippen LogP contribution in [0.4, 0.5) is 0 Å². The van der Waals surface area contributed by atoms with Crippen LogP contribution in [0.15, 0.2) is 78.9 Å². The highest BCUT2D eigenvalue weighted by Crippen LogP contribution is 2.29. The average Bonchev–Trinajstić information content (AvgIpc) is 2.78. The molecule has 3 rings (SSSR count). The molecule has 0 unspecified atom stereocenters. The van der Waals surface area contributed by atoms with Crippen LogP contribution in [0.2, 0.25) is 0 Å². The molecule has 0 saturated heterocycles. The lowest BCUT2D eigenvalue weighted by Crippen LogP contribution is -3.06. The second-order valence-corrected chi connectivity index (χ2v) is 7.49. The van der Waals surface area contributed by atoms with E-state index in [2.05, 4.69) is 19.4 Å². The molecule has 5 heteroatoms. The van der Waals surface area contributed by atoms with Crippen molar-refractivity contribution in [3.8, 4) is 11.5 Å². The minimum absolute atomic E-state index is 0.0799. The number of benzene rings is 3. The van der Waals surface area contributed by atoms with Crippen molar-refractivity contribution in [3.05, 3.63) is 95.6 Å². The Labute approximate surface area is 178 Å². The molecule has 156 valence electrons. The van der Waals surface area contributed by atoms with Crippen LogP contribution in [0.3, 0.4) is 0 Å². The molecule has 2 N–H and O–H groups in total. The SMILES string of the molecule is COc1cc(C(=O)N[C@H](C[NH+](C)C)c2ccccc2)ccc1OCc1ccccc1. The van der Waals surface area contributed by atoms with Crippen molar-refractivity contribution < 1.29 is 19.2 Å². The van der Waals surface area contributed by atoms with Gasteiger partial charge < -0.3 is 19.7 Å². The number of amides is 1. The van der Waals surface area contributed by atoms with Crippen LogP contribution in [-0.4, -0.2) is 33.7 Å². The summed E-state index contributed by atoms with van der Waals surface area (Å²) in [6, 6.07) is 25.1. The second kappa shape index (κ2) is 10.5. The van der Waals surface area contributed by atoms with Gasteiger partial charge in [0.25, 0.3) is 5.91 Å². The van der Waals surface area contributed by atoms with Crippen molar-refractivity contribution in [2.24, 2.45) is 0 Å². The number of carbonyl (C=O) groups excluding carboxylic acids is 1. The van der Waals surface area contributed by atoms with E-state index in [0.717, 1.165) is 17.7 Å². The van der Waals surface area contributed by atoms with Crippen LogP contribution < -0.4 is 19.7 Å². The minimum Gasteiger partial charge on any atom is -0.493 e. The zero-order valence-electron chi connectivity index (χ0n) is 17.7. The largest absolute Gasteiger partial charge is 0.493 e. The Bertz CT molecular complexity index is 943. The Kier molecular flexibility index (Phi) is 7.46. The molecule has 0 bridgehead atoms. The summed E-state index contributed by atoms with van der Waals surface area (Å²) < 4.78 is 11.4. The van der Waals surface area contributed by atoms with E-state index in [1.54, 1.807) is 25.3 Å². The van der Waals surface area contributed by atoms with Crippen molar-refractivity contribution in [1.82, 2.24) is 5.32 Å². The molecule has 1 amide bonds. The van der Waals surface area contributed by atoms with E-state index in [-0.39, 0.29) is 11.9 Å². The van der Waals surface area contributed by atoms with Gasteiger partial charge in [-0.2, -0.15) is 0 Å². The smallest absolute Gasteiger partial charge is 0.252 e. The predicted molar refractivity (Wildman–Crippen MR) is 118 cm³/mol. The minimum atomic E-state index is -0.141. The molecule has 0 aromatic heterocycles. The highest BCUT2D eigenvalue weighted by molar-refractivity contribution is 5.95. The van der Waals surface area contributed by atoms with Crippen LogP contribution >= 0.6 is 0 Å². The number of nitrogens with one attached hydrogen (secondary N) is 2. The van der Waals surface area contributed by atoms with Crippen molar-refractivity contribution in [3.63, 3.8) is 0 Å². The summed E-state index contributed by atoms with van der Waals surface area (Å²) in [5, 5.41) is 3.15. The molecular weight excluding hydrogens is 376 g/mol. The Morgan fingerprint density at radius 1 is 0.933 bits per heavy atom. The van der Waals surface area contributed by atoms with Gasteiger partial charge in [-0.05, 0) is 29.3 Å². The highest BCUT2D eigenvalue weighted by atomic mass is 16.5. The molecule has 3 aromatic carbocycles. The van der Waals surface area contributed by atoms with E-state index in [4.69, 9.17) is 9.47 Å². The van der Waals surface area contributed by atoms with Gasteiger partial charge in [-0.25, -0.2) is 0 Å². The Balaban J connectivity index is 1.73. The summed E-state index contributed by atoms with van der Waals surface area (Å²) in [4.78, 5) is 14.2. The summed E-state index contributed by atoms with van der Waals surface area (Å²) in [7, 11) is 5.72. The Morgan fingerprint density at radius 2 is 1.60 bits per heavy atom. The van der Waals surface area contributed by atoms with E-state index in [9.17, 15) is 4.79 Å². The summed E-state index contributed by atoms with van der Waals surface area (Å²) in [5.41, 5.74) is 2.69. The number of methoxy groups -OCH3 is 1. The van der Waals surface area contributed by atoms with Gasteiger partial charge in [0.05, 0.1) is 21.2 Å². The Morgan fingerprint density at radius 3 is 2.23 bits per heavy atom. The fraction of sp³-hybridized carbons (Fsp3) is 0.240. The number of likely N-dealkylation sites (N-methyl/N-ethyl adjacent to an activating group) is 1. The van der Waals surface area contributed by atoms with Crippen LogP contribution in [0.5, 0.6) is 11.5 Å². The third kappa shape index (κ3) is 5.84. The molecule has 0 aliphatic carbocycles. The maximum Gasteiger partial charge on any atom is 0.252 e. The topological polar surface area (TPSA) is 52.0 Å². The molecule has 0 spiro atoms. The van der Waals surface area contributed by atoms with Gasteiger partial charge in [0.2, 0.25) is 0 Å². The van der Waals surface area contributed by atoms with Crippen LogP contribution in [0.1, 0.15) is 27.5 Å². The predicted octanol–water partition coefficient (Wildman–Crippen LogP) is 2.89. The van der Waals surface area contributed by atoms with Gasteiger partial charge in [0.1, 0.15) is 19.2 Å². The van der Waals surface area contributed by atoms with Crippen molar-refractivity contribution >= 4 is 5.91 Å². The lowest BCUT2D eigenvalue weighted by Gasteiger charge is -2.21. The number of quaternary nitrogens is 1. The van der Waals surface area contributed by atoms with Crippen molar-refractivity contribution in [2.75, 3.05) is 27.7 Å². The number of rotatable bonds is 9. The maximum atomic E-state index is 13.0. The molecule has 1 atom stereocenters. The van der Waals surface area contributed by atoms with E-state index in [1.165, 1.54) is 4.90 Å². The quantitative estimate of drug-likeness (QED) is 0.576. The fourth-order valence-electron chi connectivity index (χ4n) is 3.25. The molecule has 3 aromatic rings. The summed E-state index contributed by atoms with van der Waals surface area (Å²) in [5.74, 6) is 1.00. The van der Waals surface area contributed by atoms with Gasteiger partial charge in [-0.3, -0.25) is 4.79 Å². The maximum absolute atomic E-state index is 13.0. The van der Waals surface area contributed by atoms with Crippen LogP contribution in [0, 0.1) is 0 Å². The average molecular weight is 406 g/mol. The normalized spacial score (nSPS) is 11.7. The first-order valence-electron chi connectivity index (χ1n) is 10.1. The van der Waals surface area contributed by atoms with Gasteiger partial charge in [-0.15, -0.1) is 0 Å². The number of hydrogen-bond donors (Lipinski definition) is 2. The summed E-state index contributed by atoms with van der Waals surface area (Å²) in [6.45, 7) is 1.22. The molecule has 30 heavy (non-hydrogen) atoms.